The minimum Gasteiger partial charge on any atom is -0.373 e. The van der Waals surface area contributed by atoms with Crippen LogP contribution in [-0.4, -0.2) is 17.1 Å². The molecule has 0 aromatic carbocycles. The highest BCUT2D eigenvalue weighted by Crippen LogP contribution is 2.37. The van der Waals surface area contributed by atoms with Crippen LogP contribution in [0, 0.1) is 3.57 Å². The minimum absolute atomic E-state index is 0.0559. The average molecular weight is 381 g/mol. The SMILES string of the molecule is CCC(OC)c1nc(Cl)c(I)c(C2CCCC2)n1. The van der Waals surface area contributed by atoms with Gasteiger partial charge in [0.1, 0.15) is 11.3 Å². The fraction of sp³-hybridized carbons (Fsp3) is 0.692. The maximum atomic E-state index is 6.24. The van der Waals surface area contributed by atoms with Crippen molar-refractivity contribution in [3.05, 3.63) is 20.2 Å². The molecule has 0 amide bonds. The van der Waals surface area contributed by atoms with Crippen LogP contribution in [0.1, 0.15) is 62.6 Å². The molecule has 0 aliphatic heterocycles. The van der Waals surface area contributed by atoms with Gasteiger partial charge in [0.05, 0.1) is 9.26 Å². The summed E-state index contributed by atoms with van der Waals surface area (Å²) >= 11 is 8.50. The van der Waals surface area contributed by atoms with E-state index in [1.165, 1.54) is 25.7 Å². The molecule has 0 N–H and O–H groups in total. The number of aromatic nitrogens is 2. The Kier molecular flexibility index (Phi) is 5.21. The van der Waals surface area contributed by atoms with Gasteiger partial charge in [-0.1, -0.05) is 31.4 Å². The van der Waals surface area contributed by atoms with E-state index in [-0.39, 0.29) is 6.10 Å². The second kappa shape index (κ2) is 6.48. The van der Waals surface area contributed by atoms with Crippen LogP contribution < -0.4 is 0 Å². The molecule has 2 rings (SSSR count). The summed E-state index contributed by atoms with van der Waals surface area (Å²) in [5.41, 5.74) is 1.12. The fourth-order valence-corrected chi connectivity index (χ4v) is 3.39. The van der Waals surface area contributed by atoms with Crippen molar-refractivity contribution < 1.29 is 4.74 Å². The number of halogens is 2. The Balaban J connectivity index is 2.38. The van der Waals surface area contributed by atoms with Crippen molar-refractivity contribution in [1.82, 2.24) is 9.97 Å². The molecular formula is C13H18ClIN2O. The Morgan fingerprint density at radius 1 is 1.39 bits per heavy atom. The maximum Gasteiger partial charge on any atom is 0.159 e. The zero-order chi connectivity index (χ0) is 13.1. The Hall–Kier alpha value is 0.0600. The standard InChI is InChI=1S/C13H18ClIN2O/c1-3-9(18-2)13-16-11(8-6-4-5-7-8)10(15)12(14)17-13/h8-9H,3-7H2,1-2H3. The molecular weight excluding hydrogens is 363 g/mol. The number of hydrogen-bond donors (Lipinski definition) is 0. The van der Waals surface area contributed by atoms with Gasteiger partial charge < -0.3 is 4.74 Å². The van der Waals surface area contributed by atoms with Gasteiger partial charge in [0.25, 0.3) is 0 Å². The lowest BCUT2D eigenvalue weighted by molar-refractivity contribution is 0.0922. The Labute approximate surface area is 127 Å². The van der Waals surface area contributed by atoms with Crippen LogP contribution in [0.2, 0.25) is 5.15 Å². The average Bonchev–Trinajstić information content (AvgIpc) is 2.88. The van der Waals surface area contributed by atoms with E-state index in [0.29, 0.717) is 11.1 Å². The molecule has 0 bridgehead atoms. The van der Waals surface area contributed by atoms with E-state index in [1.807, 2.05) is 0 Å². The van der Waals surface area contributed by atoms with Crippen LogP contribution in [0.3, 0.4) is 0 Å². The predicted octanol–water partition coefficient (Wildman–Crippen LogP) is 4.49. The molecule has 0 spiro atoms. The van der Waals surface area contributed by atoms with Gasteiger partial charge in [-0.3, -0.25) is 0 Å². The third kappa shape index (κ3) is 2.96. The van der Waals surface area contributed by atoms with Gasteiger partial charge in [0.15, 0.2) is 5.82 Å². The molecule has 1 aliphatic rings. The lowest BCUT2D eigenvalue weighted by atomic mass is 10.0. The van der Waals surface area contributed by atoms with E-state index in [4.69, 9.17) is 21.3 Å². The van der Waals surface area contributed by atoms with E-state index in [0.717, 1.165) is 21.5 Å². The summed E-state index contributed by atoms with van der Waals surface area (Å²) in [5, 5.41) is 0.568. The molecule has 1 aliphatic carbocycles. The van der Waals surface area contributed by atoms with Gasteiger partial charge in [-0.25, -0.2) is 9.97 Å². The number of methoxy groups -OCH3 is 1. The summed E-state index contributed by atoms with van der Waals surface area (Å²) in [6.07, 6.45) is 5.81. The maximum absolute atomic E-state index is 6.24. The van der Waals surface area contributed by atoms with Crippen LogP contribution in [0.25, 0.3) is 0 Å². The molecule has 0 radical (unpaired) electrons. The van der Waals surface area contributed by atoms with Gasteiger partial charge in [-0.15, -0.1) is 0 Å². The van der Waals surface area contributed by atoms with Gasteiger partial charge in [-0.05, 0) is 41.9 Å². The third-order valence-corrected chi connectivity index (χ3v) is 5.19. The molecule has 1 atom stereocenters. The Bertz CT molecular complexity index is 418. The van der Waals surface area contributed by atoms with Crippen LogP contribution in [0.5, 0.6) is 0 Å². The van der Waals surface area contributed by atoms with Crippen molar-refractivity contribution in [2.24, 2.45) is 0 Å². The third-order valence-electron chi connectivity index (χ3n) is 3.54. The normalized spacial score (nSPS) is 18.2. The second-order valence-corrected chi connectivity index (χ2v) is 6.12. The Morgan fingerprint density at radius 3 is 2.61 bits per heavy atom. The van der Waals surface area contributed by atoms with Gasteiger partial charge in [-0.2, -0.15) is 0 Å². The summed E-state index contributed by atoms with van der Waals surface area (Å²) in [7, 11) is 1.69. The lowest BCUT2D eigenvalue weighted by Gasteiger charge is -2.17. The van der Waals surface area contributed by atoms with E-state index < -0.39 is 0 Å². The molecule has 1 unspecified atom stereocenters. The van der Waals surface area contributed by atoms with Crippen molar-refractivity contribution in [1.29, 1.82) is 0 Å². The first-order valence-corrected chi connectivity index (χ1v) is 7.88. The molecule has 1 heterocycles. The van der Waals surface area contributed by atoms with Gasteiger partial charge in [0.2, 0.25) is 0 Å². The predicted molar refractivity (Wildman–Crippen MR) is 81.0 cm³/mol. The van der Waals surface area contributed by atoms with Crippen LogP contribution in [0.4, 0.5) is 0 Å². The van der Waals surface area contributed by atoms with Crippen LogP contribution >= 0.6 is 34.2 Å². The Morgan fingerprint density at radius 2 is 2.06 bits per heavy atom. The van der Waals surface area contributed by atoms with Gasteiger partial charge >= 0.3 is 0 Å². The van der Waals surface area contributed by atoms with E-state index in [2.05, 4.69) is 34.5 Å². The molecule has 5 heteroatoms. The van der Waals surface area contributed by atoms with Crippen molar-refractivity contribution in [2.45, 2.75) is 51.0 Å². The topological polar surface area (TPSA) is 35.0 Å². The van der Waals surface area contributed by atoms with E-state index in [9.17, 15) is 0 Å². The summed E-state index contributed by atoms with van der Waals surface area (Å²) in [4.78, 5) is 9.10. The molecule has 100 valence electrons. The fourth-order valence-electron chi connectivity index (χ4n) is 2.52. The molecule has 0 saturated heterocycles. The van der Waals surface area contributed by atoms with Crippen molar-refractivity contribution in [3.63, 3.8) is 0 Å². The highest BCUT2D eigenvalue weighted by Gasteiger charge is 2.25. The first-order chi connectivity index (χ1) is 8.67. The summed E-state index contributed by atoms with van der Waals surface area (Å²) in [6, 6.07) is 0. The lowest BCUT2D eigenvalue weighted by Crippen LogP contribution is -2.11. The molecule has 1 aromatic rings. The summed E-state index contributed by atoms with van der Waals surface area (Å²) in [6.45, 7) is 2.07. The highest BCUT2D eigenvalue weighted by atomic mass is 127. The highest BCUT2D eigenvalue weighted by molar-refractivity contribution is 14.1. The first kappa shape index (κ1) is 14.5. The number of hydrogen-bond acceptors (Lipinski definition) is 3. The smallest absolute Gasteiger partial charge is 0.159 e. The van der Waals surface area contributed by atoms with Crippen LogP contribution in [0.15, 0.2) is 0 Å². The van der Waals surface area contributed by atoms with E-state index in [1.54, 1.807) is 7.11 Å². The monoisotopic (exact) mass is 380 g/mol. The minimum atomic E-state index is -0.0559. The zero-order valence-electron chi connectivity index (χ0n) is 10.7. The number of ether oxygens (including phenoxy) is 1. The van der Waals surface area contributed by atoms with Crippen molar-refractivity contribution >= 4 is 34.2 Å². The molecule has 1 aromatic heterocycles. The summed E-state index contributed by atoms with van der Waals surface area (Å²) < 4.78 is 6.42. The van der Waals surface area contributed by atoms with Gasteiger partial charge in [0, 0.05) is 13.0 Å². The molecule has 18 heavy (non-hydrogen) atoms. The quantitative estimate of drug-likeness (QED) is 0.570. The zero-order valence-corrected chi connectivity index (χ0v) is 13.7. The van der Waals surface area contributed by atoms with Crippen LogP contribution in [-0.2, 0) is 4.74 Å². The molecule has 1 saturated carbocycles. The largest absolute Gasteiger partial charge is 0.373 e. The first-order valence-electron chi connectivity index (χ1n) is 6.43. The van der Waals surface area contributed by atoms with Crippen molar-refractivity contribution in [2.75, 3.05) is 7.11 Å². The second-order valence-electron chi connectivity index (χ2n) is 4.69. The van der Waals surface area contributed by atoms with Crippen molar-refractivity contribution in [3.8, 4) is 0 Å². The molecule has 1 fully saturated rings. The summed E-state index contributed by atoms with van der Waals surface area (Å²) in [5.74, 6) is 1.28. The number of nitrogens with zero attached hydrogens (tertiary/aromatic N) is 2. The number of rotatable bonds is 4. The molecule has 3 nitrogen and oxygen atoms in total. The van der Waals surface area contributed by atoms with E-state index >= 15 is 0 Å².